The molecule has 0 spiro atoms. The minimum absolute atomic E-state index is 0.510. The average molecular weight is 280 g/mol. The lowest BCUT2D eigenvalue weighted by Crippen LogP contribution is -2.02. The minimum Gasteiger partial charge on any atom is -0.334 e. The van der Waals surface area contributed by atoms with Gasteiger partial charge in [0.15, 0.2) is 5.82 Å². The van der Waals surface area contributed by atoms with E-state index in [2.05, 4.69) is 39.4 Å². The van der Waals surface area contributed by atoms with Gasteiger partial charge in [-0.05, 0) is 37.6 Å². The Kier molecular flexibility index (Phi) is 3.75. The monoisotopic (exact) mass is 280 g/mol. The molecule has 2 aromatic heterocycles. The molecule has 106 valence electrons. The van der Waals surface area contributed by atoms with E-state index in [9.17, 15) is 0 Å². The van der Waals surface area contributed by atoms with E-state index in [0.29, 0.717) is 18.3 Å². The molecule has 0 aliphatic carbocycles. The summed E-state index contributed by atoms with van der Waals surface area (Å²) in [5.74, 6) is 1.13. The van der Waals surface area contributed by atoms with Crippen LogP contribution in [0.4, 0.5) is 0 Å². The van der Waals surface area contributed by atoms with Gasteiger partial charge in [-0.2, -0.15) is 4.98 Å². The van der Waals surface area contributed by atoms with Crippen LogP contribution in [0.5, 0.6) is 0 Å². The second kappa shape index (κ2) is 5.85. The predicted molar refractivity (Wildman–Crippen MR) is 80.5 cm³/mol. The molecule has 3 rings (SSSR count). The number of pyridine rings is 1. The van der Waals surface area contributed by atoms with E-state index in [0.717, 1.165) is 23.2 Å². The van der Waals surface area contributed by atoms with Crippen molar-refractivity contribution in [1.82, 2.24) is 15.1 Å². The van der Waals surface area contributed by atoms with E-state index < -0.39 is 0 Å². The number of aromatic nitrogens is 3. The summed E-state index contributed by atoms with van der Waals surface area (Å²) >= 11 is 0. The maximum Gasteiger partial charge on any atom is 0.258 e. The molecule has 0 aliphatic heterocycles. The van der Waals surface area contributed by atoms with E-state index in [1.54, 1.807) is 13.1 Å². The maximum absolute atomic E-state index is 5.56. The predicted octanol–water partition coefficient (Wildman–Crippen LogP) is 2.61. The van der Waals surface area contributed by atoms with Crippen LogP contribution in [0.2, 0.25) is 0 Å². The minimum atomic E-state index is 0.510. The van der Waals surface area contributed by atoms with Gasteiger partial charge in [-0.15, -0.1) is 0 Å². The zero-order valence-electron chi connectivity index (χ0n) is 11.8. The fourth-order valence-corrected chi connectivity index (χ4v) is 2.14. The van der Waals surface area contributed by atoms with Crippen LogP contribution in [0.3, 0.4) is 0 Å². The molecule has 2 N–H and O–H groups in total. The Morgan fingerprint density at radius 3 is 2.57 bits per heavy atom. The number of benzene rings is 1. The topological polar surface area (TPSA) is 77.8 Å². The molecule has 0 saturated heterocycles. The van der Waals surface area contributed by atoms with Crippen LogP contribution in [0.1, 0.15) is 11.4 Å². The molecule has 0 radical (unpaired) electrons. The van der Waals surface area contributed by atoms with Gasteiger partial charge in [0.05, 0.1) is 5.69 Å². The number of nitrogens with zero attached hydrogens (tertiary/aromatic N) is 3. The molecule has 2 heterocycles. The summed E-state index contributed by atoms with van der Waals surface area (Å²) in [5.41, 5.74) is 9.58. The molecule has 0 aliphatic rings. The van der Waals surface area contributed by atoms with Crippen molar-refractivity contribution in [3.8, 4) is 22.7 Å². The molecule has 3 aromatic rings. The smallest absolute Gasteiger partial charge is 0.258 e. The second-order valence-corrected chi connectivity index (χ2v) is 4.81. The van der Waals surface area contributed by atoms with Crippen molar-refractivity contribution in [2.24, 2.45) is 5.73 Å². The Morgan fingerprint density at radius 1 is 1.10 bits per heavy atom. The Labute approximate surface area is 122 Å². The SMILES string of the molecule is Cc1noc(-c2ccnc(-c3ccc(CCN)cc3)c2)n1. The quantitative estimate of drug-likeness (QED) is 0.794. The maximum atomic E-state index is 5.56. The lowest BCUT2D eigenvalue weighted by Gasteiger charge is -2.04. The third-order valence-electron chi connectivity index (χ3n) is 3.22. The molecule has 0 atom stereocenters. The zero-order chi connectivity index (χ0) is 14.7. The third-order valence-corrected chi connectivity index (χ3v) is 3.22. The highest BCUT2D eigenvalue weighted by Gasteiger charge is 2.08. The molecule has 0 fully saturated rings. The number of hydrogen-bond acceptors (Lipinski definition) is 5. The van der Waals surface area contributed by atoms with E-state index in [4.69, 9.17) is 10.3 Å². The Bertz CT molecular complexity index is 734. The summed E-state index contributed by atoms with van der Waals surface area (Å²) in [7, 11) is 0. The summed E-state index contributed by atoms with van der Waals surface area (Å²) < 4.78 is 5.19. The standard InChI is InChI=1S/C16H16N4O/c1-11-19-16(21-20-11)14-7-9-18-15(10-14)13-4-2-12(3-5-13)6-8-17/h2-5,7,9-10H,6,8,17H2,1H3. The molecule has 0 unspecified atom stereocenters. The van der Waals surface area contributed by atoms with Crippen molar-refractivity contribution < 1.29 is 4.52 Å². The Balaban J connectivity index is 1.92. The first-order chi connectivity index (χ1) is 10.3. The molecule has 21 heavy (non-hydrogen) atoms. The van der Waals surface area contributed by atoms with Gasteiger partial charge in [-0.1, -0.05) is 29.4 Å². The van der Waals surface area contributed by atoms with Gasteiger partial charge in [0.1, 0.15) is 0 Å². The van der Waals surface area contributed by atoms with Gasteiger partial charge < -0.3 is 10.3 Å². The lowest BCUT2D eigenvalue weighted by molar-refractivity contribution is 0.425. The van der Waals surface area contributed by atoms with Crippen LogP contribution >= 0.6 is 0 Å². The summed E-state index contributed by atoms with van der Waals surface area (Å²) in [6.07, 6.45) is 2.63. The van der Waals surface area contributed by atoms with Crippen molar-refractivity contribution in [3.63, 3.8) is 0 Å². The van der Waals surface area contributed by atoms with Gasteiger partial charge in [-0.3, -0.25) is 4.98 Å². The summed E-state index contributed by atoms with van der Waals surface area (Å²) in [6, 6.07) is 12.1. The van der Waals surface area contributed by atoms with Crippen LogP contribution in [0, 0.1) is 6.92 Å². The average Bonchev–Trinajstić information content (AvgIpc) is 2.95. The molecular formula is C16H16N4O. The van der Waals surface area contributed by atoms with Crippen molar-refractivity contribution in [1.29, 1.82) is 0 Å². The first-order valence-corrected chi connectivity index (χ1v) is 6.82. The van der Waals surface area contributed by atoms with Crippen LogP contribution in [-0.4, -0.2) is 21.7 Å². The number of rotatable bonds is 4. The lowest BCUT2D eigenvalue weighted by atomic mass is 10.1. The van der Waals surface area contributed by atoms with Gasteiger partial charge in [-0.25, -0.2) is 0 Å². The molecule has 0 amide bonds. The Morgan fingerprint density at radius 2 is 1.90 bits per heavy atom. The summed E-state index contributed by atoms with van der Waals surface area (Å²) in [6.45, 7) is 2.45. The number of nitrogens with two attached hydrogens (primary N) is 1. The van der Waals surface area contributed by atoms with Gasteiger partial charge in [0, 0.05) is 17.3 Å². The number of hydrogen-bond donors (Lipinski definition) is 1. The van der Waals surface area contributed by atoms with Crippen LogP contribution in [-0.2, 0) is 6.42 Å². The first kappa shape index (κ1) is 13.5. The van der Waals surface area contributed by atoms with Crippen molar-refractivity contribution in [2.45, 2.75) is 13.3 Å². The van der Waals surface area contributed by atoms with Crippen molar-refractivity contribution in [3.05, 3.63) is 54.0 Å². The molecule has 5 nitrogen and oxygen atoms in total. The largest absolute Gasteiger partial charge is 0.334 e. The fraction of sp³-hybridized carbons (Fsp3) is 0.188. The van der Waals surface area contributed by atoms with E-state index >= 15 is 0 Å². The van der Waals surface area contributed by atoms with E-state index in [1.807, 2.05) is 12.1 Å². The first-order valence-electron chi connectivity index (χ1n) is 6.82. The number of aryl methyl sites for hydroxylation is 1. The van der Waals surface area contributed by atoms with E-state index in [1.165, 1.54) is 5.56 Å². The summed E-state index contributed by atoms with van der Waals surface area (Å²) in [4.78, 5) is 8.64. The zero-order valence-corrected chi connectivity index (χ0v) is 11.8. The molecular weight excluding hydrogens is 264 g/mol. The van der Waals surface area contributed by atoms with E-state index in [-0.39, 0.29) is 0 Å². The molecule has 0 bridgehead atoms. The highest BCUT2D eigenvalue weighted by molar-refractivity contribution is 5.66. The van der Waals surface area contributed by atoms with Crippen LogP contribution in [0.15, 0.2) is 47.1 Å². The molecule has 5 heteroatoms. The van der Waals surface area contributed by atoms with Crippen molar-refractivity contribution >= 4 is 0 Å². The second-order valence-electron chi connectivity index (χ2n) is 4.81. The highest BCUT2D eigenvalue weighted by Crippen LogP contribution is 2.23. The molecule has 1 aromatic carbocycles. The van der Waals surface area contributed by atoms with Gasteiger partial charge in [0.2, 0.25) is 0 Å². The van der Waals surface area contributed by atoms with Gasteiger partial charge >= 0.3 is 0 Å². The van der Waals surface area contributed by atoms with Gasteiger partial charge in [0.25, 0.3) is 5.89 Å². The fourth-order valence-electron chi connectivity index (χ4n) is 2.14. The Hall–Kier alpha value is -2.53. The highest BCUT2D eigenvalue weighted by atomic mass is 16.5. The normalized spacial score (nSPS) is 10.8. The molecule has 0 saturated carbocycles. The van der Waals surface area contributed by atoms with Crippen LogP contribution < -0.4 is 5.73 Å². The van der Waals surface area contributed by atoms with Crippen LogP contribution in [0.25, 0.3) is 22.7 Å². The third kappa shape index (κ3) is 2.98. The summed E-state index contributed by atoms with van der Waals surface area (Å²) in [5, 5.41) is 3.81. The van der Waals surface area contributed by atoms with Crippen molar-refractivity contribution in [2.75, 3.05) is 6.54 Å².